The van der Waals surface area contributed by atoms with Crippen LogP contribution in [0.4, 0.5) is 10.0 Å². The van der Waals surface area contributed by atoms with Gasteiger partial charge in [0, 0.05) is 43.8 Å². The van der Waals surface area contributed by atoms with Gasteiger partial charge in [-0.1, -0.05) is 96.0 Å². The van der Waals surface area contributed by atoms with Gasteiger partial charge in [0.05, 0.1) is 5.34 Å². The van der Waals surface area contributed by atoms with E-state index >= 15 is 0 Å². The Hall–Kier alpha value is -4.68. The lowest BCUT2D eigenvalue weighted by atomic mass is 9.83. The molecule has 2 aromatic heterocycles. The first kappa shape index (κ1) is 47.8. The summed E-state index contributed by atoms with van der Waals surface area (Å²) in [5.41, 5.74) is 7.79. The van der Waals surface area contributed by atoms with Crippen molar-refractivity contribution < 1.29 is 29.0 Å². The molecule has 2 aliphatic rings. The number of carbonyl (C=O) groups is 4. The van der Waals surface area contributed by atoms with E-state index in [2.05, 4.69) is 34.9 Å². The molecule has 8 nitrogen and oxygen atoms in total. The van der Waals surface area contributed by atoms with Gasteiger partial charge in [-0.3, -0.25) is 9.59 Å². The number of halogens is 4. The molecule has 2 heterocycles. The number of amides is 2. The maximum absolute atomic E-state index is 13.2. The summed E-state index contributed by atoms with van der Waals surface area (Å²) in [6.07, 6.45) is 4.69. The number of aryl methyl sites for hydroxylation is 2. The number of nitrogens with one attached hydrogen (secondary N) is 2. The minimum absolute atomic E-state index is 0.0613. The monoisotopic (exact) mass is 962 g/mol. The Balaban J connectivity index is 0.000000199. The molecule has 2 amide bonds. The molecule has 0 radical (unpaired) electrons. The number of anilines is 2. The molecule has 2 atom stereocenters. The molecule has 6 aromatic rings. The van der Waals surface area contributed by atoms with Gasteiger partial charge in [0.15, 0.2) is 0 Å². The van der Waals surface area contributed by atoms with Crippen molar-refractivity contribution >= 4 is 103 Å². The van der Waals surface area contributed by atoms with E-state index in [-0.39, 0.29) is 34.6 Å². The molecule has 2 aliphatic carbocycles. The molecule has 0 fully saturated rings. The number of fused-ring (bicyclic) bond motifs is 2. The smallest absolute Gasteiger partial charge is 0.342 e. The third kappa shape index (κ3) is 12.5. The van der Waals surface area contributed by atoms with Crippen LogP contribution in [-0.4, -0.2) is 39.8 Å². The number of esters is 1. The molecule has 8 rings (SSSR count). The van der Waals surface area contributed by atoms with Crippen LogP contribution in [-0.2, 0) is 40.0 Å². The average molecular weight is 965 g/mol. The van der Waals surface area contributed by atoms with E-state index in [1.165, 1.54) is 44.9 Å². The molecule has 63 heavy (non-hydrogen) atoms. The number of carbonyl (C=O) groups excluding carboxylic acids is 3. The number of benzene rings is 4. The summed E-state index contributed by atoms with van der Waals surface area (Å²) in [5, 5.41) is 21.6. The van der Waals surface area contributed by atoms with Crippen LogP contribution in [0.2, 0.25) is 10.0 Å². The Labute approximate surface area is 395 Å². The lowest BCUT2D eigenvalue weighted by Gasteiger charge is -2.24. The van der Waals surface area contributed by atoms with Gasteiger partial charge in [-0.2, -0.15) is 0 Å². The number of thiophene rings is 2. The predicted octanol–water partition coefficient (Wildman–Crippen LogP) is 13.7. The maximum Gasteiger partial charge on any atom is 0.342 e. The summed E-state index contributed by atoms with van der Waals surface area (Å²) in [5.74, 6) is -1.98. The summed E-state index contributed by atoms with van der Waals surface area (Å²) >= 11 is 24.1. The Morgan fingerprint density at radius 2 is 1.02 bits per heavy atom. The summed E-state index contributed by atoms with van der Waals surface area (Å²) in [4.78, 5) is 51.0. The van der Waals surface area contributed by atoms with Crippen LogP contribution in [0.5, 0.6) is 0 Å². The van der Waals surface area contributed by atoms with Gasteiger partial charge in [-0.05, 0) is 117 Å². The summed E-state index contributed by atoms with van der Waals surface area (Å²) in [6, 6.07) is 30.7. The zero-order valence-corrected chi connectivity index (χ0v) is 39.5. The van der Waals surface area contributed by atoms with Crippen LogP contribution in [0.3, 0.4) is 0 Å². The second-order valence-electron chi connectivity index (χ2n) is 16.0. The van der Waals surface area contributed by atoms with E-state index < -0.39 is 17.5 Å². The first-order valence-electron chi connectivity index (χ1n) is 20.2. The van der Waals surface area contributed by atoms with Crippen molar-refractivity contribution in [1.29, 1.82) is 0 Å². The Bertz CT molecular complexity index is 2570. The van der Waals surface area contributed by atoms with Gasteiger partial charge in [0.25, 0.3) is 0 Å². The topological polar surface area (TPSA) is 122 Å². The number of hydrogen-bond acceptors (Lipinski definition) is 7. The fourth-order valence-corrected chi connectivity index (χ4v) is 9.78. The summed E-state index contributed by atoms with van der Waals surface area (Å²) < 4.78 is 5.67. The van der Waals surface area contributed by atoms with Crippen LogP contribution >= 0.6 is 69.1 Å². The largest absolute Gasteiger partial charge is 0.478 e. The minimum atomic E-state index is -1.06. The van der Waals surface area contributed by atoms with Crippen molar-refractivity contribution in [1.82, 2.24) is 0 Å². The van der Waals surface area contributed by atoms with Gasteiger partial charge in [-0.15, -0.1) is 45.9 Å². The Kier molecular flexibility index (Phi) is 16.5. The molecular weight excluding hydrogens is 918 g/mol. The average Bonchev–Trinajstić information content (AvgIpc) is 3.88. The van der Waals surface area contributed by atoms with Gasteiger partial charge in [0.2, 0.25) is 11.8 Å². The quantitative estimate of drug-likeness (QED) is 0.103. The standard InChI is InChI=1S/C26H26ClNO3S.C22H18ClNO3S.CH2Cl2/c1-26(2,3)31-25(30)22-21(17-10-12-20(27)13-11-17)15-32-24(22)28-23(29)19-9-8-16-6-4-5-7-18(16)14-19;23-17-9-7-14(8-10-17)18-12-28-21(19(18)22(26)27)24-20(25)16-6-5-13-3-1-2-4-15(13)11-16;2-1-3/h4-7,10-13,15,19H,8-9,14H2,1-3H3,(H,28,29);1-4,7-10,12,16H,5-6,11H2,(H,24,25)(H,26,27);1H2. The van der Waals surface area contributed by atoms with E-state index in [4.69, 9.17) is 51.1 Å². The third-order valence-corrected chi connectivity index (χ3v) is 12.9. The Morgan fingerprint density at radius 1 is 0.635 bits per heavy atom. The lowest BCUT2D eigenvalue weighted by molar-refractivity contribution is -0.120. The van der Waals surface area contributed by atoms with E-state index in [0.29, 0.717) is 44.0 Å². The van der Waals surface area contributed by atoms with Crippen LogP contribution < -0.4 is 10.6 Å². The number of aromatic carboxylic acids is 1. The van der Waals surface area contributed by atoms with Crippen molar-refractivity contribution in [2.45, 2.75) is 64.9 Å². The van der Waals surface area contributed by atoms with Crippen LogP contribution in [0.1, 0.15) is 76.6 Å². The number of alkyl halides is 2. The van der Waals surface area contributed by atoms with Crippen molar-refractivity contribution in [3.63, 3.8) is 0 Å². The highest BCUT2D eigenvalue weighted by Crippen LogP contribution is 2.39. The SMILES string of the molecule is CC(C)(C)OC(=O)c1c(-c2ccc(Cl)cc2)csc1NC(=O)C1CCc2ccccc2C1.ClCCl.O=C(O)c1c(-c2ccc(Cl)cc2)csc1NC(=O)C1CCc2ccccc2C1. The summed E-state index contributed by atoms with van der Waals surface area (Å²) in [7, 11) is 0. The first-order chi connectivity index (χ1) is 30.1. The highest BCUT2D eigenvalue weighted by atomic mass is 35.5. The van der Waals surface area contributed by atoms with Crippen LogP contribution in [0.15, 0.2) is 108 Å². The van der Waals surface area contributed by atoms with Crippen LogP contribution in [0, 0.1) is 11.8 Å². The molecule has 0 saturated heterocycles. The fraction of sp³-hybridized carbons (Fsp3) is 0.265. The number of rotatable bonds is 8. The van der Waals surface area contributed by atoms with E-state index in [1.54, 1.807) is 41.8 Å². The molecular formula is C49H46Cl4N2O6S2. The molecule has 4 aromatic carbocycles. The molecule has 14 heteroatoms. The predicted molar refractivity (Wildman–Crippen MR) is 259 cm³/mol. The second-order valence-corrected chi connectivity index (χ2v) is 19.5. The molecule has 2 unspecified atom stereocenters. The highest BCUT2D eigenvalue weighted by molar-refractivity contribution is 7.15. The fourth-order valence-electron chi connectivity index (χ4n) is 7.60. The minimum Gasteiger partial charge on any atom is -0.478 e. The van der Waals surface area contributed by atoms with Gasteiger partial charge in [-0.25, -0.2) is 9.59 Å². The second kappa shape index (κ2) is 21.8. The molecule has 0 aliphatic heterocycles. The van der Waals surface area contributed by atoms with Crippen molar-refractivity contribution in [3.05, 3.63) is 151 Å². The van der Waals surface area contributed by atoms with Gasteiger partial charge in [0.1, 0.15) is 26.7 Å². The molecule has 3 N–H and O–H groups in total. The number of hydrogen-bond donors (Lipinski definition) is 3. The zero-order chi connectivity index (χ0) is 45.3. The zero-order valence-electron chi connectivity index (χ0n) is 34.8. The van der Waals surface area contributed by atoms with Crippen LogP contribution in [0.25, 0.3) is 22.3 Å². The third-order valence-electron chi connectivity index (χ3n) is 10.6. The molecule has 328 valence electrons. The Morgan fingerprint density at radius 3 is 1.41 bits per heavy atom. The first-order valence-corrected chi connectivity index (χ1v) is 23.8. The van der Waals surface area contributed by atoms with Crippen molar-refractivity contribution in [2.24, 2.45) is 11.8 Å². The number of carboxylic acids is 1. The normalized spacial score (nSPS) is 15.2. The van der Waals surface area contributed by atoms with Gasteiger partial charge >= 0.3 is 11.9 Å². The highest BCUT2D eigenvalue weighted by Gasteiger charge is 2.31. The summed E-state index contributed by atoms with van der Waals surface area (Å²) in [6.45, 7) is 5.49. The van der Waals surface area contributed by atoms with E-state index in [1.807, 2.05) is 62.5 Å². The lowest BCUT2D eigenvalue weighted by Crippen LogP contribution is -2.29. The molecule has 0 spiro atoms. The number of ether oxygens (including phenoxy) is 1. The number of carboxylic acid groups (broad SMARTS) is 1. The molecule has 0 bridgehead atoms. The van der Waals surface area contributed by atoms with Crippen molar-refractivity contribution in [3.8, 4) is 22.3 Å². The van der Waals surface area contributed by atoms with Gasteiger partial charge < -0.3 is 20.5 Å². The molecule has 0 saturated carbocycles. The van der Waals surface area contributed by atoms with Crippen molar-refractivity contribution in [2.75, 3.05) is 16.0 Å². The van der Waals surface area contributed by atoms with E-state index in [9.17, 15) is 24.3 Å². The van der Waals surface area contributed by atoms with E-state index in [0.717, 1.165) is 42.4 Å². The maximum atomic E-state index is 13.2.